The van der Waals surface area contributed by atoms with Gasteiger partial charge < -0.3 is 20.7 Å². The zero-order valence-corrected chi connectivity index (χ0v) is 9.85. The summed E-state index contributed by atoms with van der Waals surface area (Å²) in [4.78, 5) is 26.4. The molecule has 2 rings (SSSR count). The molecule has 0 aromatic carbocycles. The molecule has 0 saturated carbocycles. The van der Waals surface area contributed by atoms with E-state index in [9.17, 15) is 4.79 Å². The van der Waals surface area contributed by atoms with Gasteiger partial charge in [0.15, 0.2) is 11.7 Å². The van der Waals surface area contributed by atoms with Gasteiger partial charge in [0.25, 0.3) is 0 Å². The molecule has 8 nitrogen and oxygen atoms in total. The standard InChI is InChI=1S/C9H9N5O3S/c10-9-13-5(4-18-9)7(8(15)16)14-17-3-6-11-1-2-12-6/h1-2,4H,3H2,(H2,10,13)(H,11,12)(H,15,16)/b14-7-. The Morgan fingerprint density at radius 1 is 1.67 bits per heavy atom. The van der Waals surface area contributed by atoms with Crippen molar-refractivity contribution in [2.75, 3.05) is 5.73 Å². The van der Waals surface area contributed by atoms with Crippen LogP contribution in [0.4, 0.5) is 5.13 Å². The molecule has 2 heterocycles. The molecule has 0 saturated heterocycles. The first kappa shape index (κ1) is 12.0. The number of aromatic amines is 1. The van der Waals surface area contributed by atoms with E-state index in [0.717, 1.165) is 11.3 Å². The lowest BCUT2D eigenvalue weighted by atomic mass is 10.3. The number of nitrogens with one attached hydrogen (secondary N) is 1. The predicted octanol–water partition coefficient (Wildman–Crippen LogP) is 0.454. The van der Waals surface area contributed by atoms with Gasteiger partial charge in [0.1, 0.15) is 11.5 Å². The van der Waals surface area contributed by atoms with Crippen LogP contribution in [0, 0.1) is 0 Å². The third kappa shape index (κ3) is 2.83. The minimum Gasteiger partial charge on any atom is -0.476 e. The first-order valence-corrected chi connectivity index (χ1v) is 5.67. The second-order valence-electron chi connectivity index (χ2n) is 3.13. The zero-order chi connectivity index (χ0) is 13.0. The van der Waals surface area contributed by atoms with E-state index in [1.54, 1.807) is 12.4 Å². The summed E-state index contributed by atoms with van der Waals surface area (Å²) < 4.78 is 0. The van der Waals surface area contributed by atoms with Gasteiger partial charge in [-0.3, -0.25) is 0 Å². The molecule has 2 aromatic heterocycles. The number of H-pyrrole nitrogens is 1. The van der Waals surface area contributed by atoms with Crippen molar-refractivity contribution in [3.63, 3.8) is 0 Å². The van der Waals surface area contributed by atoms with Crippen LogP contribution < -0.4 is 5.73 Å². The van der Waals surface area contributed by atoms with Crippen molar-refractivity contribution in [3.8, 4) is 0 Å². The normalized spacial score (nSPS) is 11.4. The van der Waals surface area contributed by atoms with Crippen molar-refractivity contribution < 1.29 is 14.7 Å². The molecule has 0 fully saturated rings. The number of carboxylic acids is 1. The number of imidazole rings is 1. The molecule has 18 heavy (non-hydrogen) atoms. The first-order chi connectivity index (χ1) is 8.66. The molecule has 0 spiro atoms. The van der Waals surface area contributed by atoms with Crippen molar-refractivity contribution >= 4 is 28.1 Å². The highest BCUT2D eigenvalue weighted by atomic mass is 32.1. The Labute approximate surface area is 105 Å². The number of anilines is 1. The number of nitrogens with zero attached hydrogens (tertiary/aromatic N) is 3. The third-order valence-corrected chi connectivity index (χ3v) is 2.55. The molecule has 0 aliphatic heterocycles. The summed E-state index contributed by atoms with van der Waals surface area (Å²) in [5.74, 6) is -0.693. The van der Waals surface area contributed by atoms with Crippen molar-refractivity contribution in [1.82, 2.24) is 15.0 Å². The molecular formula is C9H9N5O3S. The van der Waals surface area contributed by atoms with Crippen LogP contribution in [0.3, 0.4) is 0 Å². The fraction of sp³-hybridized carbons (Fsp3) is 0.111. The van der Waals surface area contributed by atoms with Crippen LogP contribution in [-0.4, -0.2) is 31.7 Å². The largest absolute Gasteiger partial charge is 0.476 e. The molecule has 9 heteroatoms. The molecule has 94 valence electrons. The Morgan fingerprint density at radius 2 is 2.50 bits per heavy atom. The highest BCUT2D eigenvalue weighted by Crippen LogP contribution is 2.12. The summed E-state index contributed by atoms with van der Waals surface area (Å²) in [7, 11) is 0. The number of carbonyl (C=O) groups is 1. The third-order valence-electron chi connectivity index (χ3n) is 1.88. The summed E-state index contributed by atoms with van der Waals surface area (Å²) in [6, 6.07) is 0. The molecule has 0 atom stereocenters. The molecule has 0 bridgehead atoms. The summed E-state index contributed by atoms with van der Waals surface area (Å²) in [6.07, 6.45) is 3.18. The van der Waals surface area contributed by atoms with Gasteiger partial charge in [0, 0.05) is 17.8 Å². The van der Waals surface area contributed by atoms with E-state index in [4.69, 9.17) is 15.7 Å². The van der Waals surface area contributed by atoms with E-state index >= 15 is 0 Å². The summed E-state index contributed by atoms with van der Waals surface area (Å²) in [5, 5.41) is 14.3. The van der Waals surface area contributed by atoms with Crippen molar-refractivity contribution in [3.05, 3.63) is 29.3 Å². The Bertz CT molecular complexity index is 563. The van der Waals surface area contributed by atoms with E-state index in [0.29, 0.717) is 5.82 Å². The van der Waals surface area contributed by atoms with Crippen LogP contribution in [0.2, 0.25) is 0 Å². The first-order valence-electron chi connectivity index (χ1n) is 4.79. The molecule has 0 aliphatic carbocycles. The Balaban J connectivity index is 2.08. The van der Waals surface area contributed by atoms with Crippen molar-refractivity contribution in [2.45, 2.75) is 6.61 Å². The average Bonchev–Trinajstić information content (AvgIpc) is 2.95. The highest BCUT2D eigenvalue weighted by molar-refractivity contribution is 7.13. The number of rotatable bonds is 5. The monoisotopic (exact) mass is 267 g/mol. The van der Waals surface area contributed by atoms with Gasteiger partial charge in [-0.1, -0.05) is 5.16 Å². The Kier molecular flexibility index (Phi) is 3.53. The lowest BCUT2D eigenvalue weighted by Crippen LogP contribution is -2.15. The van der Waals surface area contributed by atoms with E-state index in [2.05, 4.69) is 20.1 Å². The smallest absolute Gasteiger partial charge is 0.360 e. The van der Waals surface area contributed by atoms with Gasteiger partial charge in [-0.05, 0) is 0 Å². The predicted molar refractivity (Wildman–Crippen MR) is 64.1 cm³/mol. The minimum atomic E-state index is -1.24. The fourth-order valence-corrected chi connectivity index (χ4v) is 1.67. The number of aromatic nitrogens is 3. The van der Waals surface area contributed by atoms with Crippen LogP contribution in [0.15, 0.2) is 22.9 Å². The van der Waals surface area contributed by atoms with Crippen LogP contribution in [0.1, 0.15) is 11.5 Å². The van der Waals surface area contributed by atoms with E-state index in [-0.39, 0.29) is 23.1 Å². The molecule has 2 aromatic rings. The van der Waals surface area contributed by atoms with E-state index in [1.165, 1.54) is 5.38 Å². The lowest BCUT2D eigenvalue weighted by molar-refractivity contribution is -0.129. The second-order valence-corrected chi connectivity index (χ2v) is 4.02. The SMILES string of the molecule is Nc1nc(/C(=N/OCc2ncc[nH]2)C(=O)O)cs1. The van der Waals surface area contributed by atoms with Gasteiger partial charge >= 0.3 is 5.97 Å². The van der Waals surface area contributed by atoms with Crippen molar-refractivity contribution in [1.29, 1.82) is 0 Å². The molecule has 0 unspecified atom stereocenters. The average molecular weight is 267 g/mol. The molecule has 4 N–H and O–H groups in total. The number of hydrogen-bond acceptors (Lipinski definition) is 7. The van der Waals surface area contributed by atoms with Gasteiger partial charge in [-0.2, -0.15) is 0 Å². The van der Waals surface area contributed by atoms with Crippen LogP contribution in [-0.2, 0) is 16.2 Å². The maximum atomic E-state index is 11.0. The quantitative estimate of drug-likeness (QED) is 0.533. The Morgan fingerprint density at radius 3 is 3.06 bits per heavy atom. The van der Waals surface area contributed by atoms with Crippen molar-refractivity contribution in [2.24, 2.45) is 5.16 Å². The van der Waals surface area contributed by atoms with Crippen LogP contribution in [0.5, 0.6) is 0 Å². The molecule has 0 amide bonds. The fourth-order valence-electron chi connectivity index (χ4n) is 1.13. The summed E-state index contributed by atoms with van der Waals surface area (Å²) in [6.45, 7) is 0.0450. The number of nitrogens with two attached hydrogens (primary N) is 1. The maximum Gasteiger partial charge on any atom is 0.360 e. The van der Waals surface area contributed by atoms with Gasteiger partial charge in [-0.15, -0.1) is 11.3 Å². The van der Waals surface area contributed by atoms with E-state index in [1.807, 2.05) is 0 Å². The summed E-state index contributed by atoms with van der Waals surface area (Å²) >= 11 is 1.13. The summed E-state index contributed by atoms with van der Waals surface area (Å²) in [5.41, 5.74) is 5.30. The highest BCUT2D eigenvalue weighted by Gasteiger charge is 2.17. The van der Waals surface area contributed by atoms with Gasteiger partial charge in [0.05, 0.1) is 0 Å². The number of nitrogen functional groups attached to an aromatic ring is 1. The number of aliphatic carboxylic acids is 1. The number of oxime groups is 1. The van der Waals surface area contributed by atoms with Crippen LogP contribution >= 0.6 is 11.3 Å². The van der Waals surface area contributed by atoms with E-state index < -0.39 is 5.97 Å². The molecule has 0 radical (unpaired) electrons. The maximum absolute atomic E-state index is 11.0. The number of thiazole rings is 1. The van der Waals surface area contributed by atoms with Crippen LogP contribution in [0.25, 0.3) is 0 Å². The zero-order valence-electron chi connectivity index (χ0n) is 9.03. The minimum absolute atomic E-state index is 0.0450. The Hall–Kier alpha value is -2.42. The number of carboxylic acid groups (broad SMARTS) is 1. The molecule has 0 aliphatic rings. The number of hydrogen-bond donors (Lipinski definition) is 3. The lowest BCUT2D eigenvalue weighted by Gasteiger charge is -1.98. The second kappa shape index (κ2) is 5.27. The van der Waals surface area contributed by atoms with Gasteiger partial charge in [0.2, 0.25) is 5.71 Å². The van der Waals surface area contributed by atoms with Gasteiger partial charge in [-0.25, -0.2) is 14.8 Å². The topological polar surface area (TPSA) is 126 Å². The molecular weight excluding hydrogens is 258 g/mol.